The van der Waals surface area contributed by atoms with Gasteiger partial charge >= 0.3 is 0 Å². The first-order chi connectivity index (χ1) is 5.16. The Bertz CT molecular complexity index is 269. The molecular formula is C9H10FI. The summed E-state index contributed by atoms with van der Waals surface area (Å²) >= 11 is 2.01. The number of hydrogen-bond donors (Lipinski definition) is 0. The summed E-state index contributed by atoms with van der Waals surface area (Å²) in [5.74, 6) is -0.0481. The highest BCUT2D eigenvalue weighted by Crippen LogP contribution is 2.18. The van der Waals surface area contributed by atoms with Crippen LogP contribution in [0.2, 0.25) is 0 Å². The number of halogens is 2. The Balaban J connectivity index is 3.29. The average molecular weight is 264 g/mol. The fraction of sp³-hybridized carbons (Fsp3) is 0.333. The lowest BCUT2D eigenvalue weighted by Gasteiger charge is -2.04. The molecule has 0 unspecified atom stereocenters. The molecule has 0 N–H and O–H groups in total. The maximum absolute atomic E-state index is 13.3. The third-order valence-electron chi connectivity index (χ3n) is 1.78. The van der Waals surface area contributed by atoms with E-state index in [2.05, 4.69) is 0 Å². The Kier molecular flexibility index (Phi) is 2.87. The van der Waals surface area contributed by atoms with Gasteiger partial charge in [-0.25, -0.2) is 4.39 Å². The van der Waals surface area contributed by atoms with Gasteiger partial charge in [0.05, 0.1) is 0 Å². The zero-order valence-corrected chi connectivity index (χ0v) is 8.78. The van der Waals surface area contributed by atoms with Crippen LogP contribution in [0.5, 0.6) is 0 Å². The highest BCUT2D eigenvalue weighted by atomic mass is 127. The Morgan fingerprint density at radius 3 is 2.55 bits per heavy atom. The molecule has 2 heteroatoms. The van der Waals surface area contributed by atoms with Gasteiger partial charge in [0, 0.05) is 3.57 Å². The molecule has 0 amide bonds. The molecule has 0 spiro atoms. The van der Waals surface area contributed by atoms with E-state index in [4.69, 9.17) is 0 Å². The number of aryl methyl sites for hydroxylation is 1. The quantitative estimate of drug-likeness (QED) is 0.683. The van der Waals surface area contributed by atoms with E-state index in [1.54, 1.807) is 0 Å². The van der Waals surface area contributed by atoms with E-state index in [-0.39, 0.29) is 5.82 Å². The van der Waals surface area contributed by atoms with Crippen LogP contribution < -0.4 is 0 Å². The van der Waals surface area contributed by atoms with Gasteiger partial charge in [0.2, 0.25) is 0 Å². The molecular weight excluding hydrogens is 254 g/mol. The molecule has 1 aromatic carbocycles. The van der Waals surface area contributed by atoms with Crippen LogP contribution in [0.1, 0.15) is 18.1 Å². The monoisotopic (exact) mass is 264 g/mol. The van der Waals surface area contributed by atoms with Crippen LogP contribution in [0.15, 0.2) is 12.1 Å². The Hall–Kier alpha value is -0.120. The van der Waals surface area contributed by atoms with Crippen molar-refractivity contribution in [2.24, 2.45) is 0 Å². The second-order valence-corrected chi connectivity index (χ2v) is 3.67. The third kappa shape index (κ3) is 1.72. The average Bonchev–Trinajstić information content (AvgIpc) is 1.99. The van der Waals surface area contributed by atoms with Crippen molar-refractivity contribution in [3.05, 3.63) is 32.6 Å². The predicted molar refractivity (Wildman–Crippen MR) is 53.2 cm³/mol. The highest BCUT2D eigenvalue weighted by molar-refractivity contribution is 14.1. The topological polar surface area (TPSA) is 0 Å². The number of hydrogen-bond acceptors (Lipinski definition) is 0. The van der Waals surface area contributed by atoms with Crippen molar-refractivity contribution in [2.75, 3.05) is 0 Å². The summed E-state index contributed by atoms with van der Waals surface area (Å²) in [7, 11) is 0. The molecule has 0 saturated carbocycles. The van der Waals surface area contributed by atoms with Crippen molar-refractivity contribution < 1.29 is 4.39 Å². The van der Waals surface area contributed by atoms with Crippen LogP contribution in [0, 0.1) is 16.3 Å². The zero-order valence-electron chi connectivity index (χ0n) is 6.62. The summed E-state index contributed by atoms with van der Waals surface area (Å²) in [5, 5.41) is 0. The highest BCUT2D eigenvalue weighted by Gasteiger charge is 2.06. The Labute approximate surface area is 80.0 Å². The fourth-order valence-electron chi connectivity index (χ4n) is 1.12. The molecule has 1 aromatic rings. The fourth-order valence-corrected chi connectivity index (χ4v) is 1.63. The molecule has 0 aliphatic carbocycles. The van der Waals surface area contributed by atoms with E-state index in [0.717, 1.165) is 17.5 Å². The van der Waals surface area contributed by atoms with Gasteiger partial charge in [-0.2, -0.15) is 0 Å². The normalized spacial score (nSPS) is 10.2. The maximum Gasteiger partial charge on any atom is 0.139 e. The molecule has 0 aromatic heterocycles. The van der Waals surface area contributed by atoms with Gasteiger partial charge in [-0.3, -0.25) is 0 Å². The van der Waals surface area contributed by atoms with Crippen LogP contribution in [-0.2, 0) is 6.42 Å². The molecule has 0 radical (unpaired) electrons. The van der Waals surface area contributed by atoms with Crippen molar-refractivity contribution in [1.29, 1.82) is 0 Å². The van der Waals surface area contributed by atoms with E-state index in [0.29, 0.717) is 3.57 Å². The molecule has 0 aliphatic rings. The smallest absolute Gasteiger partial charge is 0.139 e. The van der Waals surface area contributed by atoms with Crippen molar-refractivity contribution in [2.45, 2.75) is 20.3 Å². The molecule has 0 aliphatic heterocycles. The summed E-state index contributed by atoms with van der Waals surface area (Å²) in [6.07, 6.45) is 0.772. The molecule has 0 fully saturated rings. The minimum atomic E-state index is -0.0481. The largest absolute Gasteiger partial charge is 0.206 e. The van der Waals surface area contributed by atoms with Gasteiger partial charge in [-0.15, -0.1) is 0 Å². The SMILES string of the molecule is CCc1c(C)ccc(I)c1F. The minimum Gasteiger partial charge on any atom is -0.206 e. The second kappa shape index (κ2) is 3.52. The summed E-state index contributed by atoms with van der Waals surface area (Å²) in [4.78, 5) is 0. The summed E-state index contributed by atoms with van der Waals surface area (Å²) in [6.45, 7) is 3.92. The molecule has 0 nitrogen and oxygen atoms in total. The molecule has 0 bridgehead atoms. The first-order valence-electron chi connectivity index (χ1n) is 3.60. The van der Waals surface area contributed by atoms with Crippen LogP contribution in [-0.4, -0.2) is 0 Å². The zero-order chi connectivity index (χ0) is 8.43. The van der Waals surface area contributed by atoms with Crippen molar-refractivity contribution >= 4 is 22.6 Å². The van der Waals surface area contributed by atoms with Crippen molar-refractivity contribution in [3.8, 4) is 0 Å². The van der Waals surface area contributed by atoms with Crippen LogP contribution >= 0.6 is 22.6 Å². The van der Waals surface area contributed by atoms with E-state index in [1.165, 1.54) is 0 Å². The Morgan fingerprint density at radius 1 is 1.45 bits per heavy atom. The van der Waals surface area contributed by atoms with Gasteiger partial charge in [0.15, 0.2) is 0 Å². The van der Waals surface area contributed by atoms with Gasteiger partial charge in [0.1, 0.15) is 5.82 Å². The lowest BCUT2D eigenvalue weighted by atomic mass is 10.1. The number of benzene rings is 1. The van der Waals surface area contributed by atoms with Gasteiger partial charge in [0.25, 0.3) is 0 Å². The predicted octanol–water partition coefficient (Wildman–Crippen LogP) is 3.30. The molecule has 0 saturated heterocycles. The molecule has 0 atom stereocenters. The lowest BCUT2D eigenvalue weighted by Crippen LogP contribution is -1.94. The van der Waals surface area contributed by atoms with Gasteiger partial charge in [-0.1, -0.05) is 13.0 Å². The van der Waals surface area contributed by atoms with Crippen LogP contribution in [0.4, 0.5) is 4.39 Å². The van der Waals surface area contributed by atoms with Crippen LogP contribution in [0.3, 0.4) is 0 Å². The lowest BCUT2D eigenvalue weighted by molar-refractivity contribution is 0.603. The molecule has 1 rings (SSSR count). The van der Waals surface area contributed by atoms with Gasteiger partial charge in [-0.05, 0) is 53.1 Å². The van der Waals surface area contributed by atoms with Gasteiger partial charge < -0.3 is 0 Å². The molecule has 0 heterocycles. The maximum atomic E-state index is 13.3. The van der Waals surface area contributed by atoms with E-state index in [1.807, 2.05) is 48.6 Å². The van der Waals surface area contributed by atoms with Crippen molar-refractivity contribution in [3.63, 3.8) is 0 Å². The first kappa shape index (κ1) is 8.97. The third-order valence-corrected chi connectivity index (χ3v) is 2.62. The minimum absolute atomic E-state index is 0.0481. The summed E-state index contributed by atoms with van der Waals surface area (Å²) in [6, 6.07) is 3.77. The Morgan fingerprint density at radius 2 is 2.09 bits per heavy atom. The van der Waals surface area contributed by atoms with E-state index < -0.39 is 0 Å². The van der Waals surface area contributed by atoms with E-state index in [9.17, 15) is 4.39 Å². The van der Waals surface area contributed by atoms with Crippen LogP contribution in [0.25, 0.3) is 0 Å². The first-order valence-corrected chi connectivity index (χ1v) is 4.68. The molecule has 60 valence electrons. The standard InChI is InChI=1S/C9H10FI/c1-3-7-6(2)4-5-8(11)9(7)10/h4-5H,3H2,1-2H3. The van der Waals surface area contributed by atoms with E-state index >= 15 is 0 Å². The second-order valence-electron chi connectivity index (χ2n) is 2.51. The summed E-state index contributed by atoms with van der Waals surface area (Å²) in [5.41, 5.74) is 1.89. The molecule has 11 heavy (non-hydrogen) atoms. The summed E-state index contributed by atoms with van der Waals surface area (Å²) < 4.78 is 14.0. The number of rotatable bonds is 1. The van der Waals surface area contributed by atoms with Crippen molar-refractivity contribution in [1.82, 2.24) is 0 Å².